The second kappa shape index (κ2) is 6.00. The summed E-state index contributed by atoms with van der Waals surface area (Å²) in [6.07, 6.45) is 2.09. The van der Waals surface area contributed by atoms with Gasteiger partial charge in [-0.2, -0.15) is 0 Å². The highest BCUT2D eigenvalue weighted by Gasteiger charge is 2.36. The van der Waals surface area contributed by atoms with Crippen molar-refractivity contribution >= 4 is 11.9 Å². The molecule has 1 fully saturated rings. The molecule has 5 nitrogen and oxygen atoms in total. The number of carbonyl (C=O) groups is 2. The van der Waals surface area contributed by atoms with E-state index in [0.29, 0.717) is 6.61 Å². The molecule has 1 saturated heterocycles. The van der Waals surface area contributed by atoms with Crippen LogP contribution in [0, 0.1) is 5.41 Å². The first-order chi connectivity index (χ1) is 7.97. The Bertz CT molecular complexity index is 289. The number of amides is 1. The van der Waals surface area contributed by atoms with Gasteiger partial charge in [-0.25, -0.2) is 0 Å². The van der Waals surface area contributed by atoms with Crippen LogP contribution in [0.1, 0.15) is 33.6 Å². The average molecular weight is 242 g/mol. The van der Waals surface area contributed by atoms with Gasteiger partial charge in [-0.05, 0) is 31.7 Å². The van der Waals surface area contributed by atoms with Gasteiger partial charge in [-0.1, -0.05) is 13.8 Å². The quantitative estimate of drug-likeness (QED) is 0.702. The Morgan fingerprint density at radius 3 is 2.76 bits per heavy atom. The highest BCUT2D eigenvalue weighted by molar-refractivity contribution is 5.86. The van der Waals surface area contributed by atoms with Gasteiger partial charge >= 0.3 is 5.97 Å². The van der Waals surface area contributed by atoms with Gasteiger partial charge in [-0.3, -0.25) is 9.59 Å². The van der Waals surface area contributed by atoms with Crippen molar-refractivity contribution in [3.05, 3.63) is 0 Å². The van der Waals surface area contributed by atoms with Crippen molar-refractivity contribution in [2.24, 2.45) is 5.41 Å². The van der Waals surface area contributed by atoms with Crippen LogP contribution in [-0.2, 0) is 14.3 Å². The Hall–Kier alpha value is -1.10. The molecule has 0 aromatic carbocycles. The van der Waals surface area contributed by atoms with Gasteiger partial charge in [0.25, 0.3) is 0 Å². The molecule has 1 aliphatic rings. The molecule has 2 N–H and O–H groups in total. The van der Waals surface area contributed by atoms with Crippen LogP contribution >= 0.6 is 0 Å². The molecule has 98 valence electrons. The van der Waals surface area contributed by atoms with Crippen LogP contribution in [0.15, 0.2) is 0 Å². The van der Waals surface area contributed by atoms with E-state index in [9.17, 15) is 9.59 Å². The zero-order valence-corrected chi connectivity index (χ0v) is 10.8. The second-order valence-corrected chi connectivity index (χ2v) is 5.00. The Morgan fingerprint density at radius 2 is 2.18 bits per heavy atom. The summed E-state index contributed by atoms with van der Waals surface area (Å²) in [4.78, 5) is 23.1. The van der Waals surface area contributed by atoms with Crippen LogP contribution in [0.2, 0.25) is 0 Å². The molecule has 0 bridgehead atoms. The van der Waals surface area contributed by atoms with Crippen LogP contribution in [0.4, 0.5) is 0 Å². The number of carbonyl (C=O) groups excluding carboxylic acids is 2. The van der Waals surface area contributed by atoms with Crippen LogP contribution < -0.4 is 10.6 Å². The number of rotatable bonds is 4. The maximum Gasteiger partial charge on any atom is 0.325 e. The molecule has 1 heterocycles. The third-order valence-corrected chi connectivity index (χ3v) is 3.10. The summed E-state index contributed by atoms with van der Waals surface area (Å²) >= 11 is 0. The van der Waals surface area contributed by atoms with E-state index in [-0.39, 0.29) is 23.9 Å². The van der Waals surface area contributed by atoms with Crippen LogP contribution in [0.3, 0.4) is 0 Å². The summed E-state index contributed by atoms with van der Waals surface area (Å²) in [6, 6.07) is -0.231. The van der Waals surface area contributed by atoms with E-state index in [0.717, 1.165) is 19.4 Å². The van der Waals surface area contributed by atoms with Gasteiger partial charge in [0.05, 0.1) is 12.6 Å². The number of piperidine rings is 1. The lowest BCUT2D eigenvalue weighted by Gasteiger charge is -2.38. The molecule has 5 heteroatoms. The Morgan fingerprint density at radius 1 is 1.47 bits per heavy atom. The largest absolute Gasteiger partial charge is 0.465 e. The SMILES string of the molecule is CCOC(=O)CNC(=O)C1NCCCC1(C)C. The van der Waals surface area contributed by atoms with Gasteiger partial charge in [0, 0.05) is 0 Å². The molecular weight excluding hydrogens is 220 g/mol. The second-order valence-electron chi connectivity index (χ2n) is 5.00. The first-order valence-corrected chi connectivity index (χ1v) is 6.14. The fraction of sp³-hybridized carbons (Fsp3) is 0.833. The third-order valence-electron chi connectivity index (χ3n) is 3.10. The van der Waals surface area contributed by atoms with E-state index in [1.807, 2.05) is 0 Å². The molecule has 1 rings (SSSR count). The molecular formula is C12H22N2O3. The molecule has 0 aromatic heterocycles. The van der Waals surface area contributed by atoms with Crippen molar-refractivity contribution in [2.45, 2.75) is 39.7 Å². The predicted octanol–water partition coefficient (Wildman–Crippen LogP) is 0.444. The summed E-state index contributed by atoms with van der Waals surface area (Å²) in [5, 5.41) is 5.82. The minimum absolute atomic E-state index is 0.0546. The van der Waals surface area contributed by atoms with Crippen molar-refractivity contribution in [1.29, 1.82) is 0 Å². The Balaban J connectivity index is 2.43. The van der Waals surface area contributed by atoms with Crippen LogP contribution in [0.5, 0.6) is 0 Å². The van der Waals surface area contributed by atoms with Gasteiger partial charge < -0.3 is 15.4 Å². The van der Waals surface area contributed by atoms with Crippen LogP contribution in [-0.4, -0.2) is 37.6 Å². The van der Waals surface area contributed by atoms with Crippen molar-refractivity contribution < 1.29 is 14.3 Å². The van der Waals surface area contributed by atoms with E-state index in [1.165, 1.54) is 0 Å². The molecule has 0 spiro atoms. The number of nitrogens with one attached hydrogen (secondary N) is 2. The molecule has 0 saturated carbocycles. The summed E-state index contributed by atoms with van der Waals surface area (Å²) in [5.41, 5.74) is -0.0724. The highest BCUT2D eigenvalue weighted by atomic mass is 16.5. The Labute approximate surface area is 102 Å². The monoisotopic (exact) mass is 242 g/mol. The van der Waals surface area contributed by atoms with Crippen molar-refractivity contribution in [1.82, 2.24) is 10.6 Å². The minimum Gasteiger partial charge on any atom is -0.465 e. The zero-order valence-electron chi connectivity index (χ0n) is 10.8. The molecule has 0 aliphatic carbocycles. The summed E-state index contributed by atoms with van der Waals surface area (Å²) in [5.74, 6) is -0.516. The maximum atomic E-state index is 11.9. The van der Waals surface area contributed by atoms with Crippen molar-refractivity contribution in [3.8, 4) is 0 Å². The first kappa shape index (κ1) is 14.0. The van der Waals surface area contributed by atoms with Gasteiger partial charge in [0.15, 0.2) is 0 Å². The molecule has 17 heavy (non-hydrogen) atoms. The van der Waals surface area contributed by atoms with Crippen LogP contribution in [0.25, 0.3) is 0 Å². The normalized spacial score (nSPS) is 22.9. The number of hydrogen-bond acceptors (Lipinski definition) is 4. The van der Waals surface area contributed by atoms with E-state index in [4.69, 9.17) is 4.74 Å². The maximum absolute atomic E-state index is 11.9. The van der Waals surface area contributed by atoms with E-state index in [1.54, 1.807) is 6.92 Å². The Kier molecular flexibility index (Phi) is 4.93. The lowest BCUT2D eigenvalue weighted by molar-refractivity contribution is -0.144. The van der Waals surface area contributed by atoms with Gasteiger partial charge in [0.2, 0.25) is 5.91 Å². The molecule has 1 amide bonds. The number of esters is 1. The molecule has 0 aromatic rings. The van der Waals surface area contributed by atoms with Gasteiger partial charge in [0.1, 0.15) is 6.54 Å². The standard InChI is InChI=1S/C12H22N2O3/c1-4-17-9(15)8-14-11(16)10-12(2,3)6-5-7-13-10/h10,13H,4-8H2,1-3H3,(H,14,16). The molecule has 1 unspecified atom stereocenters. The predicted molar refractivity (Wildman–Crippen MR) is 64.4 cm³/mol. The van der Waals surface area contributed by atoms with Gasteiger partial charge in [-0.15, -0.1) is 0 Å². The van der Waals surface area contributed by atoms with Crippen molar-refractivity contribution in [3.63, 3.8) is 0 Å². The fourth-order valence-corrected chi connectivity index (χ4v) is 2.13. The highest BCUT2D eigenvalue weighted by Crippen LogP contribution is 2.29. The number of hydrogen-bond donors (Lipinski definition) is 2. The van der Waals surface area contributed by atoms with E-state index >= 15 is 0 Å². The minimum atomic E-state index is -0.394. The molecule has 0 radical (unpaired) electrons. The summed E-state index contributed by atoms with van der Waals surface area (Å²) in [7, 11) is 0. The summed E-state index contributed by atoms with van der Waals surface area (Å²) < 4.78 is 4.76. The summed E-state index contributed by atoms with van der Waals surface area (Å²) in [6.45, 7) is 7.00. The van der Waals surface area contributed by atoms with E-state index in [2.05, 4.69) is 24.5 Å². The van der Waals surface area contributed by atoms with E-state index < -0.39 is 5.97 Å². The molecule has 1 atom stereocenters. The zero-order chi connectivity index (χ0) is 12.9. The lowest BCUT2D eigenvalue weighted by atomic mass is 9.77. The number of ether oxygens (including phenoxy) is 1. The fourth-order valence-electron chi connectivity index (χ4n) is 2.13. The topological polar surface area (TPSA) is 67.4 Å². The smallest absolute Gasteiger partial charge is 0.325 e. The molecule has 1 aliphatic heterocycles. The van der Waals surface area contributed by atoms with Crippen molar-refractivity contribution in [2.75, 3.05) is 19.7 Å². The first-order valence-electron chi connectivity index (χ1n) is 6.14. The lowest BCUT2D eigenvalue weighted by Crippen LogP contribution is -2.56. The third kappa shape index (κ3) is 4.00. The average Bonchev–Trinajstić information content (AvgIpc) is 2.26.